The zero-order chi connectivity index (χ0) is 11.9. The molecule has 0 saturated heterocycles. The van der Waals surface area contributed by atoms with E-state index in [9.17, 15) is 9.50 Å². The third-order valence-electron chi connectivity index (χ3n) is 3.48. The van der Waals surface area contributed by atoms with Crippen LogP contribution in [0.2, 0.25) is 5.02 Å². The molecule has 1 unspecified atom stereocenters. The fraction of sp³-hybridized carbons (Fsp3) is 0.500. The smallest absolute Gasteiger partial charge is 0.126 e. The molecule has 4 heteroatoms. The molecule has 0 radical (unpaired) electrons. The minimum Gasteiger partial charge on any atom is -0.396 e. The van der Waals surface area contributed by atoms with Crippen LogP contribution in [-0.2, 0) is 0 Å². The molecule has 1 fully saturated rings. The summed E-state index contributed by atoms with van der Waals surface area (Å²) in [5.41, 5.74) is 6.87. The fourth-order valence-corrected chi connectivity index (χ4v) is 2.29. The van der Waals surface area contributed by atoms with Gasteiger partial charge in [0.1, 0.15) is 5.82 Å². The Morgan fingerprint density at radius 2 is 2.19 bits per heavy atom. The van der Waals surface area contributed by atoms with Gasteiger partial charge in [-0.05, 0) is 43.0 Å². The van der Waals surface area contributed by atoms with Crippen molar-refractivity contribution < 1.29 is 9.50 Å². The average molecular weight is 244 g/mol. The highest BCUT2D eigenvalue weighted by Gasteiger charge is 2.48. The largest absolute Gasteiger partial charge is 0.396 e. The van der Waals surface area contributed by atoms with Gasteiger partial charge in [0, 0.05) is 16.5 Å². The summed E-state index contributed by atoms with van der Waals surface area (Å²) in [6.45, 7) is 1.69. The summed E-state index contributed by atoms with van der Waals surface area (Å²) < 4.78 is 13.5. The zero-order valence-corrected chi connectivity index (χ0v) is 9.89. The molecule has 0 amide bonds. The minimum absolute atomic E-state index is 0.0278. The summed E-state index contributed by atoms with van der Waals surface area (Å²) in [5, 5.41) is 9.76. The van der Waals surface area contributed by atoms with Crippen molar-refractivity contribution in [1.82, 2.24) is 0 Å². The molecule has 0 aromatic heterocycles. The van der Waals surface area contributed by atoms with Gasteiger partial charge in [-0.15, -0.1) is 0 Å². The van der Waals surface area contributed by atoms with Gasteiger partial charge in [0.15, 0.2) is 0 Å². The molecule has 0 aliphatic heterocycles. The second-order valence-corrected chi connectivity index (χ2v) is 5.03. The summed E-state index contributed by atoms with van der Waals surface area (Å²) in [7, 11) is 0. The Balaban J connectivity index is 2.37. The first kappa shape index (κ1) is 11.8. The molecule has 0 heterocycles. The monoisotopic (exact) mass is 243 g/mol. The molecule has 16 heavy (non-hydrogen) atoms. The second-order valence-electron chi connectivity index (χ2n) is 4.62. The van der Waals surface area contributed by atoms with Crippen molar-refractivity contribution in [3.05, 3.63) is 34.1 Å². The van der Waals surface area contributed by atoms with E-state index in [1.165, 1.54) is 6.07 Å². The predicted octanol–water partition coefficient (Wildman–Crippen LogP) is 2.56. The quantitative estimate of drug-likeness (QED) is 0.857. The van der Waals surface area contributed by atoms with Crippen molar-refractivity contribution in [3.63, 3.8) is 0 Å². The van der Waals surface area contributed by atoms with Gasteiger partial charge in [-0.25, -0.2) is 4.39 Å². The van der Waals surface area contributed by atoms with Crippen LogP contribution in [0.4, 0.5) is 4.39 Å². The number of benzene rings is 1. The summed E-state index contributed by atoms with van der Waals surface area (Å²) in [6, 6.07) is 2.58. The van der Waals surface area contributed by atoms with Crippen molar-refractivity contribution in [2.45, 2.75) is 25.8 Å². The van der Waals surface area contributed by atoms with E-state index in [1.54, 1.807) is 13.0 Å². The molecule has 1 aliphatic carbocycles. The van der Waals surface area contributed by atoms with E-state index in [0.717, 1.165) is 12.8 Å². The number of aryl methyl sites for hydroxylation is 1. The van der Waals surface area contributed by atoms with Crippen molar-refractivity contribution in [3.8, 4) is 0 Å². The Labute approximate surface area is 99.2 Å². The van der Waals surface area contributed by atoms with Crippen LogP contribution in [0, 0.1) is 18.2 Å². The fourth-order valence-electron chi connectivity index (χ4n) is 1.96. The summed E-state index contributed by atoms with van der Waals surface area (Å²) in [5.74, 6) is -0.302. The lowest BCUT2D eigenvalue weighted by atomic mass is 9.91. The Morgan fingerprint density at radius 1 is 1.56 bits per heavy atom. The van der Waals surface area contributed by atoms with E-state index >= 15 is 0 Å². The van der Waals surface area contributed by atoms with Gasteiger partial charge < -0.3 is 10.8 Å². The molecule has 88 valence electrons. The van der Waals surface area contributed by atoms with E-state index in [-0.39, 0.29) is 23.9 Å². The highest BCUT2D eigenvalue weighted by molar-refractivity contribution is 6.31. The number of halogens is 2. The van der Waals surface area contributed by atoms with Crippen LogP contribution in [0.5, 0.6) is 0 Å². The lowest BCUT2D eigenvalue weighted by Gasteiger charge is -2.22. The van der Waals surface area contributed by atoms with Crippen molar-refractivity contribution in [1.29, 1.82) is 0 Å². The minimum atomic E-state index is -0.389. The molecule has 1 aromatic rings. The van der Waals surface area contributed by atoms with E-state index in [1.807, 2.05) is 0 Å². The van der Waals surface area contributed by atoms with Crippen molar-refractivity contribution in [2.75, 3.05) is 6.61 Å². The SMILES string of the molecule is Cc1cc(Cl)c(C(N)C2(CO)CC2)cc1F. The highest BCUT2D eigenvalue weighted by Crippen LogP contribution is 2.54. The molecule has 0 bridgehead atoms. The molecule has 1 aliphatic rings. The van der Waals surface area contributed by atoms with Crippen LogP contribution in [0.1, 0.15) is 30.0 Å². The number of nitrogens with two attached hydrogens (primary N) is 1. The van der Waals surface area contributed by atoms with Gasteiger partial charge in [0.25, 0.3) is 0 Å². The molecular formula is C12H15ClFNO. The van der Waals surface area contributed by atoms with Crippen LogP contribution in [0.15, 0.2) is 12.1 Å². The summed E-state index contributed by atoms with van der Waals surface area (Å²) in [6.07, 6.45) is 1.74. The van der Waals surface area contributed by atoms with E-state index in [4.69, 9.17) is 17.3 Å². The molecular weight excluding hydrogens is 229 g/mol. The van der Waals surface area contributed by atoms with Gasteiger partial charge in [-0.3, -0.25) is 0 Å². The zero-order valence-electron chi connectivity index (χ0n) is 9.13. The maximum absolute atomic E-state index is 13.5. The number of hydrogen-bond acceptors (Lipinski definition) is 2. The van der Waals surface area contributed by atoms with Crippen LogP contribution in [0.3, 0.4) is 0 Å². The number of hydrogen-bond donors (Lipinski definition) is 2. The molecule has 0 spiro atoms. The molecule has 1 atom stereocenters. The topological polar surface area (TPSA) is 46.2 Å². The molecule has 1 saturated carbocycles. The Bertz CT molecular complexity index is 418. The van der Waals surface area contributed by atoms with Crippen LogP contribution in [0.25, 0.3) is 0 Å². The van der Waals surface area contributed by atoms with Crippen LogP contribution >= 0.6 is 11.6 Å². The van der Waals surface area contributed by atoms with Gasteiger partial charge in [-0.1, -0.05) is 11.6 Å². The third kappa shape index (κ3) is 1.83. The maximum atomic E-state index is 13.5. The first-order valence-corrected chi connectivity index (χ1v) is 5.70. The van der Waals surface area contributed by atoms with Gasteiger partial charge in [0.05, 0.1) is 6.61 Å². The second kappa shape index (κ2) is 3.99. The van der Waals surface area contributed by atoms with E-state index in [0.29, 0.717) is 16.1 Å². The van der Waals surface area contributed by atoms with Crippen LogP contribution < -0.4 is 5.73 Å². The standard InChI is InChI=1S/C12H15ClFNO/c1-7-4-9(13)8(5-10(7)14)11(15)12(6-16)2-3-12/h4-5,11,16H,2-3,6,15H2,1H3. The number of rotatable bonds is 3. The Hall–Kier alpha value is -0.640. The number of aliphatic hydroxyl groups is 1. The van der Waals surface area contributed by atoms with Gasteiger partial charge in [-0.2, -0.15) is 0 Å². The molecule has 1 aromatic carbocycles. The molecule has 2 rings (SSSR count). The van der Waals surface area contributed by atoms with Crippen molar-refractivity contribution >= 4 is 11.6 Å². The first-order valence-electron chi connectivity index (χ1n) is 5.32. The van der Waals surface area contributed by atoms with Gasteiger partial charge >= 0.3 is 0 Å². The molecule has 3 N–H and O–H groups in total. The van der Waals surface area contributed by atoms with E-state index in [2.05, 4.69) is 0 Å². The average Bonchev–Trinajstić information content (AvgIpc) is 3.03. The number of aliphatic hydroxyl groups excluding tert-OH is 1. The molecule has 2 nitrogen and oxygen atoms in total. The summed E-state index contributed by atoms with van der Waals surface area (Å²) >= 11 is 6.06. The first-order chi connectivity index (χ1) is 7.50. The summed E-state index contributed by atoms with van der Waals surface area (Å²) in [4.78, 5) is 0. The van der Waals surface area contributed by atoms with Gasteiger partial charge in [0.2, 0.25) is 0 Å². The Kier molecular flexibility index (Phi) is 2.95. The lowest BCUT2D eigenvalue weighted by Crippen LogP contribution is -2.26. The Morgan fingerprint density at radius 3 is 2.69 bits per heavy atom. The normalized spacial score (nSPS) is 19.6. The van der Waals surface area contributed by atoms with E-state index < -0.39 is 0 Å². The van der Waals surface area contributed by atoms with Crippen molar-refractivity contribution in [2.24, 2.45) is 11.1 Å². The highest BCUT2D eigenvalue weighted by atomic mass is 35.5. The van der Waals surface area contributed by atoms with Crippen LogP contribution in [-0.4, -0.2) is 11.7 Å². The predicted molar refractivity (Wildman–Crippen MR) is 61.8 cm³/mol. The maximum Gasteiger partial charge on any atom is 0.126 e. The lowest BCUT2D eigenvalue weighted by molar-refractivity contribution is 0.187. The third-order valence-corrected chi connectivity index (χ3v) is 3.81.